The van der Waals surface area contributed by atoms with Crippen molar-refractivity contribution in [2.75, 3.05) is 40.9 Å². The Hall–Kier alpha value is -2.58. The van der Waals surface area contributed by atoms with E-state index >= 15 is 0 Å². The molecule has 0 aliphatic heterocycles. The largest absolute Gasteiger partial charge is 0.472 e. The van der Waals surface area contributed by atoms with Crippen LogP contribution < -0.4 is 5.32 Å². The van der Waals surface area contributed by atoms with Gasteiger partial charge in [0.2, 0.25) is 5.91 Å². The first kappa shape index (κ1) is 55.4. The lowest BCUT2D eigenvalue weighted by Crippen LogP contribution is -2.45. The van der Waals surface area contributed by atoms with Crippen LogP contribution in [-0.2, 0) is 18.4 Å². The first-order chi connectivity index (χ1) is 28.0. The van der Waals surface area contributed by atoms with Crippen LogP contribution in [0.4, 0.5) is 0 Å². The van der Waals surface area contributed by atoms with Gasteiger partial charge in [-0.15, -0.1) is 0 Å². The molecule has 0 aliphatic carbocycles. The second-order valence-electron chi connectivity index (χ2n) is 16.0. The number of hydrogen-bond acceptors (Lipinski definition) is 5. The zero-order valence-corrected chi connectivity index (χ0v) is 38.4. The molecule has 8 nitrogen and oxygen atoms in total. The second-order valence-corrected chi connectivity index (χ2v) is 17.5. The number of nitrogens with one attached hydrogen (secondary N) is 1. The number of unbranched alkanes of at least 4 members (excludes halogenated alkanes) is 12. The molecule has 0 aromatic carbocycles. The van der Waals surface area contributed by atoms with Crippen molar-refractivity contribution in [1.82, 2.24) is 5.32 Å². The standard InChI is InChI=1S/C49H85N2O6P/c1-6-8-10-12-13-14-15-16-17-18-19-20-21-22-23-24-25-26-27-28-29-30-31-32-33-34-35-36-37-39-41-43-49(53)50-47(48(52)42-40-38-11-9-7-2)46-57-58(54,55)56-45-44-51(3,4)5/h8,10,13-14,16-17,19-20,22-23,25-26,28-29,40,42,47-48,52H,6-7,9,11-12,15,18,21,24,27,30-39,41,43-46H2,1-5H3,(H-,50,53,54,55)/p+1/b10-8-,14-13-,17-16-,20-19-,23-22-,26-25-,29-28-,42-40+. The van der Waals surface area contributed by atoms with Crippen molar-refractivity contribution >= 4 is 13.7 Å². The lowest BCUT2D eigenvalue weighted by molar-refractivity contribution is -0.870. The quantitative estimate of drug-likeness (QED) is 0.0247. The third-order valence-corrected chi connectivity index (χ3v) is 10.3. The Morgan fingerprint density at radius 3 is 1.52 bits per heavy atom. The zero-order valence-electron chi connectivity index (χ0n) is 37.5. The highest BCUT2D eigenvalue weighted by molar-refractivity contribution is 7.47. The van der Waals surface area contributed by atoms with E-state index in [9.17, 15) is 19.4 Å². The number of allylic oxidation sites excluding steroid dienone is 15. The van der Waals surface area contributed by atoms with E-state index in [0.29, 0.717) is 17.4 Å². The molecule has 0 rings (SSSR count). The summed E-state index contributed by atoms with van der Waals surface area (Å²) in [5, 5.41) is 13.6. The van der Waals surface area contributed by atoms with E-state index in [-0.39, 0.29) is 19.1 Å². The smallest absolute Gasteiger partial charge is 0.387 e. The van der Waals surface area contributed by atoms with E-state index in [1.165, 1.54) is 38.5 Å². The first-order valence-electron chi connectivity index (χ1n) is 22.6. The van der Waals surface area contributed by atoms with Crippen molar-refractivity contribution in [2.45, 2.75) is 167 Å². The Bertz CT molecular complexity index is 1260. The number of aliphatic hydroxyl groups excluding tert-OH is 1. The van der Waals surface area contributed by atoms with E-state index in [4.69, 9.17) is 9.05 Å². The van der Waals surface area contributed by atoms with Gasteiger partial charge in [-0.05, 0) is 77.0 Å². The summed E-state index contributed by atoms with van der Waals surface area (Å²) in [6.07, 6.45) is 56.7. The Labute approximate surface area is 356 Å². The number of carbonyl (C=O) groups excluding carboxylic acids is 1. The number of rotatable bonds is 39. The van der Waals surface area contributed by atoms with Gasteiger partial charge in [0.05, 0.1) is 39.9 Å². The molecular formula is C49H86N2O6P+. The van der Waals surface area contributed by atoms with E-state index in [1.807, 2.05) is 27.2 Å². The molecule has 58 heavy (non-hydrogen) atoms. The number of aliphatic hydroxyl groups is 1. The molecule has 0 bridgehead atoms. The van der Waals surface area contributed by atoms with E-state index in [1.54, 1.807) is 6.08 Å². The highest BCUT2D eigenvalue weighted by Gasteiger charge is 2.27. The third-order valence-electron chi connectivity index (χ3n) is 9.31. The van der Waals surface area contributed by atoms with Crippen LogP contribution in [0.1, 0.15) is 155 Å². The molecule has 3 unspecified atom stereocenters. The maximum Gasteiger partial charge on any atom is 0.472 e. The van der Waals surface area contributed by atoms with E-state index in [2.05, 4.69) is 104 Å². The Morgan fingerprint density at radius 1 is 0.603 bits per heavy atom. The fourth-order valence-corrected chi connectivity index (χ4v) is 6.46. The number of nitrogens with zero attached hydrogens (tertiary/aromatic N) is 1. The molecule has 0 heterocycles. The topological polar surface area (TPSA) is 105 Å². The van der Waals surface area contributed by atoms with Gasteiger partial charge in [-0.3, -0.25) is 13.8 Å². The Morgan fingerprint density at radius 2 is 1.03 bits per heavy atom. The van der Waals surface area contributed by atoms with Crippen molar-refractivity contribution in [3.05, 3.63) is 97.2 Å². The molecule has 0 radical (unpaired) electrons. The van der Waals surface area contributed by atoms with Crippen molar-refractivity contribution in [3.63, 3.8) is 0 Å². The van der Waals surface area contributed by atoms with E-state index in [0.717, 1.165) is 96.3 Å². The molecule has 0 saturated carbocycles. The number of carbonyl (C=O) groups is 1. The summed E-state index contributed by atoms with van der Waals surface area (Å²) in [4.78, 5) is 22.9. The minimum atomic E-state index is -4.33. The lowest BCUT2D eigenvalue weighted by Gasteiger charge is -2.25. The number of quaternary nitrogens is 1. The third kappa shape index (κ3) is 41.6. The van der Waals surface area contributed by atoms with Crippen LogP contribution in [-0.4, -0.2) is 73.4 Å². The monoisotopic (exact) mass is 830 g/mol. The fraction of sp³-hybridized carbons (Fsp3) is 0.653. The molecular weight excluding hydrogens is 744 g/mol. The van der Waals surface area contributed by atoms with Gasteiger partial charge in [0.25, 0.3) is 0 Å². The highest BCUT2D eigenvalue weighted by atomic mass is 31.2. The maximum absolute atomic E-state index is 12.8. The number of likely N-dealkylation sites (N-methyl/N-ethyl adjacent to an activating group) is 1. The van der Waals surface area contributed by atoms with E-state index < -0.39 is 20.0 Å². The summed E-state index contributed by atoms with van der Waals surface area (Å²) in [6.45, 7) is 4.55. The zero-order chi connectivity index (χ0) is 42.8. The molecule has 9 heteroatoms. The average Bonchev–Trinajstić information content (AvgIpc) is 3.17. The molecule has 0 spiro atoms. The number of hydrogen-bond donors (Lipinski definition) is 3. The van der Waals surface area contributed by atoms with Gasteiger partial charge in [-0.2, -0.15) is 0 Å². The summed E-state index contributed by atoms with van der Waals surface area (Å²) in [6, 6.07) is -0.851. The summed E-state index contributed by atoms with van der Waals surface area (Å²) in [5.41, 5.74) is 0. The molecule has 0 saturated heterocycles. The van der Waals surface area contributed by atoms with Crippen molar-refractivity contribution in [3.8, 4) is 0 Å². The second kappa shape index (κ2) is 39.9. The lowest BCUT2D eigenvalue weighted by atomic mass is 10.1. The maximum atomic E-state index is 12.8. The number of phosphoric acid groups is 1. The summed E-state index contributed by atoms with van der Waals surface area (Å²) < 4.78 is 23.3. The van der Waals surface area contributed by atoms with Crippen molar-refractivity contribution in [1.29, 1.82) is 0 Å². The van der Waals surface area contributed by atoms with Gasteiger partial charge < -0.3 is 19.8 Å². The Kier molecular flexibility index (Phi) is 38.1. The molecule has 3 N–H and O–H groups in total. The predicted octanol–water partition coefficient (Wildman–Crippen LogP) is 12.7. The summed E-state index contributed by atoms with van der Waals surface area (Å²) >= 11 is 0. The normalized spacial score (nSPS) is 15.2. The molecule has 0 fully saturated rings. The molecule has 332 valence electrons. The summed E-state index contributed by atoms with van der Waals surface area (Å²) in [7, 11) is 1.54. The fourth-order valence-electron chi connectivity index (χ4n) is 5.72. The number of phosphoric ester groups is 1. The van der Waals surface area contributed by atoms with Crippen LogP contribution in [0.25, 0.3) is 0 Å². The molecule has 0 aromatic heterocycles. The van der Waals surface area contributed by atoms with Crippen LogP contribution in [0.15, 0.2) is 97.2 Å². The Balaban J connectivity index is 4.03. The van der Waals surface area contributed by atoms with Gasteiger partial charge in [-0.25, -0.2) is 4.57 Å². The molecule has 0 aromatic rings. The first-order valence-corrected chi connectivity index (χ1v) is 24.1. The van der Waals surface area contributed by atoms with Gasteiger partial charge in [0.15, 0.2) is 0 Å². The van der Waals surface area contributed by atoms with Crippen LogP contribution in [0, 0.1) is 0 Å². The van der Waals surface area contributed by atoms with Gasteiger partial charge >= 0.3 is 7.82 Å². The SMILES string of the molecule is CC/C=C\C/C=C\C/C=C\C/C=C\C/C=C\C/C=C\C/C=C\CCCCCCCCCCCC(=O)NC(COP(=O)(O)OCC[N+](C)(C)C)C(O)/C=C/CCCCC. The van der Waals surface area contributed by atoms with Crippen LogP contribution >= 0.6 is 7.82 Å². The van der Waals surface area contributed by atoms with Gasteiger partial charge in [0, 0.05) is 6.42 Å². The predicted molar refractivity (Wildman–Crippen MR) is 249 cm³/mol. The minimum absolute atomic E-state index is 0.0542. The van der Waals surface area contributed by atoms with Crippen molar-refractivity contribution < 1.29 is 32.9 Å². The van der Waals surface area contributed by atoms with Crippen LogP contribution in [0.5, 0.6) is 0 Å². The highest BCUT2D eigenvalue weighted by Crippen LogP contribution is 2.43. The van der Waals surface area contributed by atoms with Crippen molar-refractivity contribution in [2.24, 2.45) is 0 Å². The molecule has 0 aliphatic rings. The molecule has 3 atom stereocenters. The molecule has 1 amide bonds. The summed E-state index contributed by atoms with van der Waals surface area (Å²) in [5.74, 6) is -0.197. The van der Waals surface area contributed by atoms with Gasteiger partial charge in [0.1, 0.15) is 13.2 Å². The average molecular weight is 830 g/mol. The van der Waals surface area contributed by atoms with Gasteiger partial charge in [-0.1, -0.05) is 169 Å². The minimum Gasteiger partial charge on any atom is -0.387 e. The van der Waals surface area contributed by atoms with Crippen LogP contribution in [0.2, 0.25) is 0 Å². The number of amides is 1. The van der Waals surface area contributed by atoms with Crippen LogP contribution in [0.3, 0.4) is 0 Å².